The van der Waals surface area contributed by atoms with Crippen LogP contribution >= 0.6 is 22.9 Å². The van der Waals surface area contributed by atoms with E-state index in [-0.39, 0.29) is 5.78 Å². The molecular formula is C13H13ClN2OS. The molecule has 0 aliphatic carbocycles. The molecule has 0 saturated heterocycles. The fraction of sp³-hybridized carbons (Fsp3) is 0.231. The topological polar surface area (TPSA) is 42.0 Å². The summed E-state index contributed by atoms with van der Waals surface area (Å²) < 4.78 is 0.530. The Balaban J connectivity index is 2.17. The Bertz CT molecular complexity index is 580. The highest BCUT2D eigenvalue weighted by Crippen LogP contribution is 2.22. The molecule has 2 aromatic rings. The number of aryl methyl sites for hydroxylation is 1. The average molecular weight is 281 g/mol. The van der Waals surface area contributed by atoms with Gasteiger partial charge in [-0.1, -0.05) is 17.7 Å². The quantitative estimate of drug-likeness (QED) is 0.863. The molecule has 1 N–H and O–H groups in total. The highest BCUT2D eigenvalue weighted by Gasteiger charge is 2.07. The zero-order valence-corrected chi connectivity index (χ0v) is 11.7. The summed E-state index contributed by atoms with van der Waals surface area (Å²) in [6.45, 7) is 4.19. The van der Waals surface area contributed by atoms with Crippen LogP contribution in [-0.4, -0.2) is 10.8 Å². The number of rotatable bonds is 4. The molecule has 1 aromatic carbocycles. The summed E-state index contributed by atoms with van der Waals surface area (Å²) in [5.74, 6) is 0.0554. The van der Waals surface area contributed by atoms with E-state index in [1.165, 1.54) is 11.3 Å². The van der Waals surface area contributed by atoms with Gasteiger partial charge in [0.25, 0.3) is 0 Å². The molecule has 0 unspecified atom stereocenters. The Hall–Kier alpha value is -1.39. The monoisotopic (exact) mass is 280 g/mol. The summed E-state index contributed by atoms with van der Waals surface area (Å²) in [6.07, 6.45) is 1.74. The van der Waals surface area contributed by atoms with Crippen molar-refractivity contribution in [2.75, 3.05) is 5.32 Å². The summed E-state index contributed by atoms with van der Waals surface area (Å²) in [4.78, 5) is 16.5. The number of hydrogen-bond donors (Lipinski definition) is 1. The van der Waals surface area contributed by atoms with Crippen LogP contribution in [0.25, 0.3) is 0 Å². The van der Waals surface area contributed by atoms with Crippen LogP contribution in [0.3, 0.4) is 0 Å². The number of ketones is 1. The third kappa shape index (κ3) is 3.09. The first kappa shape index (κ1) is 13.1. The molecule has 0 spiro atoms. The first-order valence-corrected chi connectivity index (χ1v) is 6.71. The van der Waals surface area contributed by atoms with Crippen LogP contribution in [0, 0.1) is 6.92 Å². The first-order chi connectivity index (χ1) is 8.56. The summed E-state index contributed by atoms with van der Waals surface area (Å²) in [7, 11) is 0. The van der Waals surface area contributed by atoms with Crippen LogP contribution in [0.15, 0.2) is 24.4 Å². The second-order valence-corrected chi connectivity index (χ2v) is 5.74. The number of hydrogen-bond acceptors (Lipinski definition) is 4. The molecule has 0 saturated carbocycles. The Labute approximate surface area is 115 Å². The van der Waals surface area contributed by atoms with E-state index in [9.17, 15) is 4.79 Å². The summed E-state index contributed by atoms with van der Waals surface area (Å²) in [5, 5.41) is 3.26. The number of carbonyl (C=O) groups excluding carboxylic acids is 1. The number of halogens is 1. The van der Waals surface area contributed by atoms with Gasteiger partial charge in [0.2, 0.25) is 0 Å². The molecule has 0 fully saturated rings. The minimum absolute atomic E-state index is 0.0554. The second kappa shape index (κ2) is 5.50. The van der Waals surface area contributed by atoms with Gasteiger partial charge in [-0.3, -0.25) is 4.79 Å². The fourth-order valence-corrected chi connectivity index (χ4v) is 2.58. The van der Waals surface area contributed by atoms with Crippen molar-refractivity contribution in [3.8, 4) is 0 Å². The average Bonchev–Trinajstić information content (AvgIpc) is 2.72. The Morgan fingerprint density at radius 3 is 2.89 bits per heavy atom. The maximum absolute atomic E-state index is 11.5. The van der Waals surface area contributed by atoms with Gasteiger partial charge in [-0.2, -0.15) is 0 Å². The number of nitrogens with one attached hydrogen (secondary N) is 1. The van der Waals surface area contributed by atoms with Gasteiger partial charge in [0, 0.05) is 22.3 Å². The number of aromatic nitrogens is 1. The van der Waals surface area contributed by atoms with Crippen molar-refractivity contribution in [2.45, 2.75) is 20.4 Å². The van der Waals surface area contributed by atoms with Crippen molar-refractivity contribution in [2.24, 2.45) is 0 Å². The summed E-state index contributed by atoms with van der Waals surface area (Å²) in [5.41, 5.74) is 2.67. The maximum Gasteiger partial charge on any atom is 0.183 e. The highest BCUT2D eigenvalue weighted by atomic mass is 35.5. The number of anilines is 1. The van der Waals surface area contributed by atoms with E-state index < -0.39 is 0 Å². The normalized spacial score (nSPS) is 10.4. The number of benzene rings is 1. The van der Waals surface area contributed by atoms with Crippen LogP contribution in [0.5, 0.6) is 0 Å². The minimum Gasteiger partial charge on any atom is -0.379 e. The molecule has 1 aromatic heterocycles. The molecule has 94 valence electrons. The Kier molecular flexibility index (Phi) is 3.99. The molecule has 1 heterocycles. The minimum atomic E-state index is 0.0554. The lowest BCUT2D eigenvalue weighted by Crippen LogP contribution is -2.04. The Morgan fingerprint density at radius 2 is 2.28 bits per heavy atom. The standard InChI is InChI=1S/C13H13ClN2OS/c1-8-3-4-11(9(2)17)12(5-8)15-6-10-7-16-13(14)18-10/h3-5,7,15H,6H2,1-2H3. The van der Waals surface area contributed by atoms with Gasteiger partial charge in [-0.15, -0.1) is 11.3 Å². The van der Waals surface area contributed by atoms with Gasteiger partial charge in [-0.25, -0.2) is 4.98 Å². The maximum atomic E-state index is 11.5. The third-order valence-corrected chi connectivity index (χ3v) is 3.65. The molecule has 3 nitrogen and oxygen atoms in total. The number of nitrogens with zero attached hydrogens (tertiary/aromatic N) is 1. The van der Waals surface area contributed by atoms with E-state index in [0.29, 0.717) is 16.6 Å². The van der Waals surface area contributed by atoms with Crippen LogP contribution in [0.4, 0.5) is 5.69 Å². The van der Waals surface area contributed by atoms with Crippen LogP contribution in [0.2, 0.25) is 4.47 Å². The fourth-order valence-electron chi connectivity index (χ4n) is 1.66. The van der Waals surface area contributed by atoms with Gasteiger partial charge in [0.05, 0.1) is 6.54 Å². The van der Waals surface area contributed by atoms with Crippen molar-refractivity contribution < 1.29 is 4.79 Å². The lowest BCUT2D eigenvalue weighted by Gasteiger charge is -2.10. The highest BCUT2D eigenvalue weighted by molar-refractivity contribution is 7.15. The predicted molar refractivity (Wildman–Crippen MR) is 75.6 cm³/mol. The second-order valence-electron chi connectivity index (χ2n) is 4.04. The molecule has 5 heteroatoms. The van der Waals surface area contributed by atoms with Gasteiger partial charge >= 0.3 is 0 Å². The molecule has 0 radical (unpaired) electrons. The molecule has 0 aliphatic heterocycles. The van der Waals surface area contributed by atoms with E-state index in [4.69, 9.17) is 11.6 Å². The first-order valence-electron chi connectivity index (χ1n) is 5.52. The van der Waals surface area contributed by atoms with Crippen LogP contribution in [0.1, 0.15) is 27.7 Å². The number of carbonyl (C=O) groups is 1. The molecule has 0 aliphatic rings. The van der Waals surface area contributed by atoms with Crippen molar-refractivity contribution in [1.82, 2.24) is 4.98 Å². The van der Waals surface area contributed by atoms with E-state index in [0.717, 1.165) is 16.1 Å². The van der Waals surface area contributed by atoms with Gasteiger partial charge < -0.3 is 5.32 Å². The predicted octanol–water partition coefficient (Wildman–Crippen LogP) is 3.92. The van der Waals surface area contributed by atoms with Gasteiger partial charge in [-0.05, 0) is 31.5 Å². The van der Waals surface area contributed by atoms with Crippen molar-refractivity contribution >= 4 is 34.4 Å². The lowest BCUT2D eigenvalue weighted by molar-refractivity contribution is 0.101. The largest absolute Gasteiger partial charge is 0.379 e. The lowest BCUT2D eigenvalue weighted by atomic mass is 10.1. The van der Waals surface area contributed by atoms with Crippen LogP contribution < -0.4 is 5.32 Å². The van der Waals surface area contributed by atoms with Crippen LogP contribution in [-0.2, 0) is 6.54 Å². The van der Waals surface area contributed by atoms with Crippen molar-refractivity contribution in [1.29, 1.82) is 0 Å². The Morgan fingerprint density at radius 1 is 1.50 bits per heavy atom. The van der Waals surface area contributed by atoms with E-state index in [1.54, 1.807) is 13.1 Å². The number of thiazole rings is 1. The van der Waals surface area contributed by atoms with E-state index >= 15 is 0 Å². The molecule has 0 atom stereocenters. The van der Waals surface area contributed by atoms with Gasteiger partial charge in [0.15, 0.2) is 10.3 Å². The zero-order valence-electron chi connectivity index (χ0n) is 10.2. The number of Topliss-reactive ketones (excluding diaryl/α,β-unsaturated/α-hetero) is 1. The zero-order chi connectivity index (χ0) is 13.1. The summed E-state index contributed by atoms with van der Waals surface area (Å²) in [6, 6.07) is 5.75. The molecular weight excluding hydrogens is 268 g/mol. The summed E-state index contributed by atoms with van der Waals surface area (Å²) >= 11 is 7.21. The smallest absolute Gasteiger partial charge is 0.183 e. The van der Waals surface area contributed by atoms with E-state index in [2.05, 4.69) is 10.3 Å². The molecule has 2 rings (SSSR count). The SMILES string of the molecule is CC(=O)c1ccc(C)cc1NCc1cnc(Cl)s1. The van der Waals surface area contributed by atoms with Crippen molar-refractivity contribution in [3.63, 3.8) is 0 Å². The van der Waals surface area contributed by atoms with E-state index in [1.807, 2.05) is 25.1 Å². The third-order valence-electron chi connectivity index (χ3n) is 2.53. The molecule has 18 heavy (non-hydrogen) atoms. The molecule has 0 amide bonds. The molecule has 0 bridgehead atoms. The van der Waals surface area contributed by atoms with Crippen molar-refractivity contribution in [3.05, 3.63) is 44.9 Å². The van der Waals surface area contributed by atoms with Gasteiger partial charge in [0.1, 0.15) is 0 Å².